The SMILES string of the molecule is CC(C)(CCO)NS(=O)(=O)c1ccc2c(c1)CCO2. The zero-order chi connectivity index (χ0) is 14.1. The molecule has 106 valence electrons. The molecule has 0 fully saturated rings. The zero-order valence-corrected chi connectivity index (χ0v) is 12.0. The van der Waals surface area contributed by atoms with Crippen LogP contribution in [0.15, 0.2) is 23.1 Å². The van der Waals surface area contributed by atoms with Crippen molar-refractivity contribution in [3.8, 4) is 5.75 Å². The number of aliphatic hydroxyl groups excluding tert-OH is 1. The Morgan fingerprint density at radius 3 is 2.84 bits per heavy atom. The second-order valence-electron chi connectivity index (χ2n) is 5.33. The van der Waals surface area contributed by atoms with Crippen molar-refractivity contribution >= 4 is 10.0 Å². The Labute approximate surface area is 113 Å². The van der Waals surface area contributed by atoms with Crippen LogP contribution in [0.1, 0.15) is 25.8 Å². The molecule has 0 saturated carbocycles. The Morgan fingerprint density at radius 1 is 1.42 bits per heavy atom. The van der Waals surface area contributed by atoms with Crippen LogP contribution >= 0.6 is 0 Å². The number of benzene rings is 1. The number of hydrogen-bond donors (Lipinski definition) is 2. The monoisotopic (exact) mass is 285 g/mol. The number of sulfonamides is 1. The lowest BCUT2D eigenvalue weighted by Crippen LogP contribution is -2.43. The van der Waals surface area contributed by atoms with Gasteiger partial charge in [0.1, 0.15) is 5.75 Å². The van der Waals surface area contributed by atoms with Crippen molar-refractivity contribution in [3.05, 3.63) is 23.8 Å². The van der Waals surface area contributed by atoms with Gasteiger partial charge in [-0.25, -0.2) is 13.1 Å². The Balaban J connectivity index is 2.25. The highest BCUT2D eigenvalue weighted by atomic mass is 32.2. The summed E-state index contributed by atoms with van der Waals surface area (Å²) in [4.78, 5) is 0.239. The van der Waals surface area contributed by atoms with Crippen molar-refractivity contribution < 1.29 is 18.3 Å². The lowest BCUT2D eigenvalue weighted by molar-refractivity contribution is 0.246. The van der Waals surface area contributed by atoms with E-state index < -0.39 is 15.6 Å². The molecule has 6 heteroatoms. The first kappa shape index (κ1) is 14.3. The van der Waals surface area contributed by atoms with E-state index in [0.717, 1.165) is 17.7 Å². The van der Waals surface area contributed by atoms with Gasteiger partial charge in [0, 0.05) is 18.6 Å². The minimum absolute atomic E-state index is 0.0620. The molecule has 2 N–H and O–H groups in total. The quantitative estimate of drug-likeness (QED) is 0.848. The summed E-state index contributed by atoms with van der Waals surface area (Å²) in [5, 5.41) is 8.94. The second kappa shape index (κ2) is 5.11. The summed E-state index contributed by atoms with van der Waals surface area (Å²) in [5.41, 5.74) is 0.242. The van der Waals surface area contributed by atoms with E-state index in [0.29, 0.717) is 13.0 Å². The average molecular weight is 285 g/mol. The molecule has 19 heavy (non-hydrogen) atoms. The molecule has 2 rings (SSSR count). The summed E-state index contributed by atoms with van der Waals surface area (Å²) in [7, 11) is -3.58. The third kappa shape index (κ3) is 3.26. The maximum Gasteiger partial charge on any atom is 0.241 e. The number of rotatable bonds is 5. The predicted octanol–water partition coefficient (Wildman–Crippen LogP) is 1.06. The smallest absolute Gasteiger partial charge is 0.241 e. The molecule has 0 aromatic heterocycles. The molecule has 1 heterocycles. The maximum absolute atomic E-state index is 12.3. The number of aliphatic hydroxyl groups is 1. The molecule has 0 bridgehead atoms. The van der Waals surface area contributed by atoms with Gasteiger partial charge in [0.25, 0.3) is 0 Å². The molecule has 0 radical (unpaired) electrons. The van der Waals surface area contributed by atoms with Gasteiger partial charge in [-0.1, -0.05) is 0 Å². The van der Waals surface area contributed by atoms with E-state index in [-0.39, 0.29) is 11.5 Å². The number of hydrogen-bond acceptors (Lipinski definition) is 4. The summed E-state index contributed by atoms with van der Waals surface area (Å²) in [5.74, 6) is 0.758. The maximum atomic E-state index is 12.3. The molecule has 1 aromatic rings. The van der Waals surface area contributed by atoms with Crippen LogP contribution in [0.5, 0.6) is 5.75 Å². The van der Waals surface area contributed by atoms with Crippen molar-refractivity contribution in [2.75, 3.05) is 13.2 Å². The molecule has 1 aromatic carbocycles. The second-order valence-corrected chi connectivity index (χ2v) is 7.01. The summed E-state index contributed by atoms with van der Waals surface area (Å²) in [6.07, 6.45) is 1.10. The Bertz CT molecular complexity index is 566. The molecule has 0 unspecified atom stereocenters. The third-order valence-corrected chi connectivity index (χ3v) is 4.81. The van der Waals surface area contributed by atoms with Crippen LogP contribution in [0.2, 0.25) is 0 Å². The van der Waals surface area contributed by atoms with E-state index in [1.807, 2.05) is 0 Å². The van der Waals surface area contributed by atoms with Crippen LogP contribution in [-0.2, 0) is 16.4 Å². The first-order chi connectivity index (χ1) is 8.84. The summed E-state index contributed by atoms with van der Waals surface area (Å²) in [6.45, 7) is 4.03. The summed E-state index contributed by atoms with van der Waals surface area (Å²) < 4.78 is 32.5. The lowest BCUT2D eigenvalue weighted by atomic mass is 10.0. The number of fused-ring (bicyclic) bond motifs is 1. The van der Waals surface area contributed by atoms with E-state index in [1.54, 1.807) is 32.0 Å². The van der Waals surface area contributed by atoms with Crippen molar-refractivity contribution in [1.82, 2.24) is 4.72 Å². The van der Waals surface area contributed by atoms with Gasteiger partial charge in [0.2, 0.25) is 10.0 Å². The molecule has 0 amide bonds. The topological polar surface area (TPSA) is 75.6 Å². The minimum Gasteiger partial charge on any atom is -0.493 e. The van der Waals surface area contributed by atoms with Gasteiger partial charge in [0.05, 0.1) is 11.5 Å². The first-order valence-corrected chi connectivity index (χ1v) is 7.73. The van der Waals surface area contributed by atoms with Gasteiger partial charge in [-0.3, -0.25) is 0 Å². The number of nitrogens with one attached hydrogen (secondary N) is 1. The van der Waals surface area contributed by atoms with Crippen LogP contribution in [-0.4, -0.2) is 32.3 Å². The van der Waals surface area contributed by atoms with Crippen LogP contribution in [0.25, 0.3) is 0 Å². The van der Waals surface area contributed by atoms with Crippen LogP contribution in [0, 0.1) is 0 Å². The van der Waals surface area contributed by atoms with Crippen LogP contribution in [0.4, 0.5) is 0 Å². The van der Waals surface area contributed by atoms with Gasteiger partial charge >= 0.3 is 0 Å². The average Bonchev–Trinajstić information content (AvgIpc) is 2.73. The highest BCUT2D eigenvalue weighted by Gasteiger charge is 2.26. The molecule has 0 atom stereocenters. The van der Waals surface area contributed by atoms with Gasteiger partial charge in [-0.15, -0.1) is 0 Å². The summed E-state index contributed by atoms with van der Waals surface area (Å²) >= 11 is 0. The molecular weight excluding hydrogens is 266 g/mol. The van der Waals surface area contributed by atoms with Gasteiger partial charge in [0.15, 0.2) is 0 Å². The van der Waals surface area contributed by atoms with Crippen molar-refractivity contribution in [3.63, 3.8) is 0 Å². The van der Waals surface area contributed by atoms with Crippen molar-refractivity contribution in [1.29, 1.82) is 0 Å². The third-order valence-electron chi connectivity index (χ3n) is 3.12. The van der Waals surface area contributed by atoms with Crippen molar-refractivity contribution in [2.45, 2.75) is 37.1 Å². The van der Waals surface area contributed by atoms with Gasteiger partial charge in [-0.2, -0.15) is 0 Å². The standard InChI is InChI=1S/C13H19NO4S/c1-13(2,6-7-15)14-19(16,17)11-3-4-12-10(9-11)5-8-18-12/h3-4,9,14-15H,5-8H2,1-2H3. The molecule has 0 saturated heterocycles. The van der Waals surface area contributed by atoms with E-state index in [1.165, 1.54) is 0 Å². The molecule has 0 spiro atoms. The fourth-order valence-corrected chi connectivity index (χ4v) is 3.58. The van der Waals surface area contributed by atoms with Gasteiger partial charge < -0.3 is 9.84 Å². The minimum atomic E-state index is -3.58. The van der Waals surface area contributed by atoms with Crippen LogP contribution < -0.4 is 9.46 Å². The molecule has 0 aliphatic carbocycles. The Morgan fingerprint density at radius 2 is 2.16 bits per heavy atom. The summed E-state index contributed by atoms with van der Waals surface area (Å²) in [6, 6.07) is 4.89. The molecular formula is C13H19NO4S. The largest absolute Gasteiger partial charge is 0.493 e. The highest BCUT2D eigenvalue weighted by Crippen LogP contribution is 2.28. The van der Waals surface area contributed by atoms with E-state index in [4.69, 9.17) is 9.84 Å². The Hall–Kier alpha value is -1.11. The van der Waals surface area contributed by atoms with Crippen LogP contribution in [0.3, 0.4) is 0 Å². The number of ether oxygens (including phenoxy) is 1. The fraction of sp³-hybridized carbons (Fsp3) is 0.538. The van der Waals surface area contributed by atoms with E-state index in [9.17, 15) is 8.42 Å². The fourth-order valence-electron chi connectivity index (χ4n) is 2.08. The predicted molar refractivity (Wildman–Crippen MR) is 71.7 cm³/mol. The van der Waals surface area contributed by atoms with E-state index >= 15 is 0 Å². The zero-order valence-electron chi connectivity index (χ0n) is 11.1. The normalized spacial score (nSPS) is 15.1. The molecule has 1 aliphatic heterocycles. The van der Waals surface area contributed by atoms with Crippen molar-refractivity contribution in [2.24, 2.45) is 0 Å². The lowest BCUT2D eigenvalue weighted by Gasteiger charge is -2.25. The molecule has 1 aliphatic rings. The Kier molecular flexibility index (Phi) is 3.85. The van der Waals surface area contributed by atoms with E-state index in [2.05, 4.69) is 4.72 Å². The first-order valence-electron chi connectivity index (χ1n) is 6.25. The van der Waals surface area contributed by atoms with Gasteiger partial charge in [-0.05, 0) is 44.0 Å². The molecule has 5 nitrogen and oxygen atoms in total. The highest BCUT2D eigenvalue weighted by molar-refractivity contribution is 7.89.